The largest absolute Gasteiger partial charge is 0.462 e. The number of benzene rings is 2. The first-order valence-corrected chi connectivity index (χ1v) is 14.9. The summed E-state index contributed by atoms with van der Waals surface area (Å²) in [4.78, 5) is 34.4. The average molecular weight is 573 g/mol. The predicted octanol–water partition coefficient (Wildman–Crippen LogP) is 5.70. The summed E-state index contributed by atoms with van der Waals surface area (Å²) in [6.07, 6.45) is 6.05. The first kappa shape index (κ1) is 29.3. The number of imidazole rings is 1. The number of hydrogen-bond acceptors (Lipinski definition) is 8. The molecule has 1 unspecified atom stereocenters. The zero-order valence-electron chi connectivity index (χ0n) is 24.7. The Morgan fingerprint density at radius 3 is 2.62 bits per heavy atom. The topological polar surface area (TPSA) is 106 Å². The minimum Gasteiger partial charge on any atom is -0.462 e. The van der Waals surface area contributed by atoms with Gasteiger partial charge in [-0.1, -0.05) is 44.2 Å². The molecule has 0 aliphatic carbocycles. The molecule has 10 nitrogen and oxygen atoms in total. The minimum absolute atomic E-state index is 0.0299. The fraction of sp³-hybridized carbons (Fsp3) is 0.438. The molecule has 1 atom stereocenters. The summed E-state index contributed by atoms with van der Waals surface area (Å²) in [5, 5.41) is 15.0. The number of nitro groups is 1. The van der Waals surface area contributed by atoms with Crippen molar-refractivity contribution in [2.75, 3.05) is 43.0 Å². The van der Waals surface area contributed by atoms with Crippen LogP contribution in [0, 0.1) is 10.1 Å². The fourth-order valence-electron chi connectivity index (χ4n) is 6.03. The number of allylic oxidation sites excluding steroid dienone is 1. The number of esters is 1. The summed E-state index contributed by atoms with van der Waals surface area (Å²) in [7, 11) is 0. The summed E-state index contributed by atoms with van der Waals surface area (Å²) < 4.78 is 7.93. The lowest BCUT2D eigenvalue weighted by molar-refractivity contribution is -0.384. The molecule has 0 amide bonds. The molecule has 2 aliphatic rings. The number of aromatic nitrogens is 2. The van der Waals surface area contributed by atoms with Crippen molar-refractivity contribution in [3.8, 4) is 0 Å². The number of piperidine rings is 1. The molecule has 10 heteroatoms. The van der Waals surface area contributed by atoms with Crippen molar-refractivity contribution in [2.24, 2.45) is 0 Å². The minimum atomic E-state index is -0.623. The van der Waals surface area contributed by atoms with Crippen molar-refractivity contribution >= 4 is 23.3 Å². The van der Waals surface area contributed by atoms with E-state index >= 15 is 0 Å². The second kappa shape index (κ2) is 13.2. The molecule has 3 aromatic rings. The molecule has 1 aromatic heterocycles. The molecule has 1 saturated heterocycles. The van der Waals surface area contributed by atoms with E-state index in [0.717, 1.165) is 37.4 Å². The molecule has 2 aliphatic heterocycles. The lowest BCUT2D eigenvalue weighted by Gasteiger charge is -2.32. The number of non-ortho nitro benzene ring substituents is 1. The Labute approximate surface area is 247 Å². The normalized spacial score (nSPS) is 16.8. The molecule has 0 saturated carbocycles. The lowest BCUT2D eigenvalue weighted by atomic mass is 9.94. The van der Waals surface area contributed by atoms with Gasteiger partial charge in [0.2, 0.25) is 5.95 Å². The van der Waals surface area contributed by atoms with E-state index in [0.29, 0.717) is 35.7 Å². The van der Waals surface area contributed by atoms with E-state index in [2.05, 4.69) is 52.1 Å². The van der Waals surface area contributed by atoms with Gasteiger partial charge < -0.3 is 19.5 Å². The number of rotatable bonds is 11. The van der Waals surface area contributed by atoms with Gasteiger partial charge in [-0.25, -0.2) is 9.78 Å². The summed E-state index contributed by atoms with van der Waals surface area (Å²) in [5.74, 6) is 0.151. The van der Waals surface area contributed by atoms with Gasteiger partial charge >= 0.3 is 5.97 Å². The molecule has 0 bridgehead atoms. The van der Waals surface area contributed by atoms with Gasteiger partial charge in [0.1, 0.15) is 0 Å². The van der Waals surface area contributed by atoms with Crippen LogP contribution in [0.15, 0.2) is 66.0 Å². The summed E-state index contributed by atoms with van der Waals surface area (Å²) in [6, 6.07) is 14.2. The highest BCUT2D eigenvalue weighted by Crippen LogP contribution is 2.39. The SMILES string of the molecule is CCN(CC)Cc1cnc2n1C(c1cccc([N+](=O)[O-])c1)C(C(=O)OCCc1ccccc1N1CCCCC1)=C(C)N2. The Morgan fingerprint density at radius 1 is 1.12 bits per heavy atom. The number of carbonyl (C=O) groups excluding carboxylic acids is 1. The maximum Gasteiger partial charge on any atom is 0.338 e. The van der Waals surface area contributed by atoms with E-state index in [1.807, 2.05) is 29.8 Å². The van der Waals surface area contributed by atoms with Gasteiger partial charge in [0.25, 0.3) is 5.69 Å². The van der Waals surface area contributed by atoms with Gasteiger partial charge in [0.15, 0.2) is 0 Å². The second-order valence-corrected chi connectivity index (χ2v) is 10.9. The van der Waals surface area contributed by atoms with Crippen molar-refractivity contribution in [2.45, 2.75) is 59.0 Å². The molecule has 0 spiro atoms. The molecule has 1 fully saturated rings. The van der Waals surface area contributed by atoms with Crippen LogP contribution in [-0.4, -0.2) is 58.1 Å². The lowest BCUT2D eigenvalue weighted by Crippen LogP contribution is -2.32. The molecule has 3 heterocycles. The predicted molar refractivity (Wildman–Crippen MR) is 164 cm³/mol. The second-order valence-electron chi connectivity index (χ2n) is 10.9. The van der Waals surface area contributed by atoms with Crippen molar-refractivity contribution in [3.05, 3.63) is 92.9 Å². The molecular weight excluding hydrogens is 532 g/mol. The van der Waals surface area contributed by atoms with Crippen molar-refractivity contribution in [1.29, 1.82) is 0 Å². The number of nitrogens with zero attached hydrogens (tertiary/aromatic N) is 5. The van der Waals surface area contributed by atoms with Crippen LogP contribution in [0.25, 0.3) is 0 Å². The van der Waals surface area contributed by atoms with Crippen LogP contribution >= 0.6 is 0 Å². The summed E-state index contributed by atoms with van der Waals surface area (Å²) in [6.45, 7) is 10.7. The van der Waals surface area contributed by atoms with E-state index in [9.17, 15) is 14.9 Å². The van der Waals surface area contributed by atoms with Gasteiger partial charge in [-0.3, -0.25) is 15.0 Å². The number of para-hydroxylation sites is 1. The van der Waals surface area contributed by atoms with Crippen LogP contribution in [-0.2, 0) is 22.5 Å². The standard InChI is InChI=1S/C32H40N6O4/c1-4-35(5-2)22-27-21-33-32-34-23(3)29(30(37(27)32)25-13-11-14-26(20-25)38(40)41)31(39)42-19-16-24-12-7-8-15-28(24)36-17-9-6-10-18-36/h7-8,11-15,20-21,30H,4-6,9-10,16-19,22H2,1-3H3,(H,33,34). The number of carbonyl (C=O) groups is 1. The van der Waals surface area contributed by atoms with E-state index in [4.69, 9.17) is 4.74 Å². The number of anilines is 2. The molecular formula is C32H40N6O4. The van der Waals surface area contributed by atoms with E-state index < -0.39 is 16.9 Å². The van der Waals surface area contributed by atoms with Crippen LogP contribution < -0.4 is 10.2 Å². The monoisotopic (exact) mass is 572 g/mol. The van der Waals surface area contributed by atoms with E-state index in [1.54, 1.807) is 6.07 Å². The highest BCUT2D eigenvalue weighted by Gasteiger charge is 2.36. The first-order valence-electron chi connectivity index (χ1n) is 14.9. The number of nitro benzene ring substituents is 1. The summed E-state index contributed by atoms with van der Waals surface area (Å²) >= 11 is 0. The van der Waals surface area contributed by atoms with E-state index in [1.165, 1.54) is 37.1 Å². The molecule has 222 valence electrons. The fourth-order valence-corrected chi connectivity index (χ4v) is 6.03. The van der Waals surface area contributed by atoms with Crippen molar-refractivity contribution in [1.82, 2.24) is 14.5 Å². The van der Waals surface area contributed by atoms with E-state index in [-0.39, 0.29) is 12.3 Å². The number of fused-ring (bicyclic) bond motifs is 1. The van der Waals surface area contributed by atoms with Gasteiger partial charge in [-0.15, -0.1) is 0 Å². The van der Waals surface area contributed by atoms with Crippen molar-refractivity contribution in [3.63, 3.8) is 0 Å². The zero-order chi connectivity index (χ0) is 29.6. The maximum absolute atomic E-state index is 13.9. The third-order valence-corrected chi connectivity index (χ3v) is 8.30. The molecule has 2 aromatic carbocycles. The van der Waals surface area contributed by atoms with Crippen molar-refractivity contribution < 1.29 is 14.5 Å². The Morgan fingerprint density at radius 2 is 1.88 bits per heavy atom. The maximum atomic E-state index is 13.9. The molecule has 5 rings (SSSR count). The van der Waals surface area contributed by atoms with Gasteiger partial charge in [-0.05, 0) is 56.5 Å². The van der Waals surface area contributed by atoms with Gasteiger partial charge in [0.05, 0.1) is 35.0 Å². The third-order valence-electron chi connectivity index (χ3n) is 8.30. The van der Waals surface area contributed by atoms with Crippen LogP contribution in [0.2, 0.25) is 0 Å². The summed E-state index contributed by atoms with van der Waals surface area (Å²) in [5.41, 5.74) is 4.93. The van der Waals surface area contributed by atoms with Gasteiger partial charge in [0, 0.05) is 49.6 Å². The Kier molecular flexibility index (Phi) is 9.22. The molecule has 0 radical (unpaired) electrons. The first-order chi connectivity index (χ1) is 20.4. The smallest absolute Gasteiger partial charge is 0.338 e. The molecule has 1 N–H and O–H groups in total. The van der Waals surface area contributed by atoms with Crippen LogP contribution in [0.1, 0.15) is 62.9 Å². The Balaban J connectivity index is 1.43. The highest BCUT2D eigenvalue weighted by molar-refractivity contribution is 5.92. The number of hydrogen-bond donors (Lipinski definition) is 1. The van der Waals surface area contributed by atoms with Gasteiger partial charge in [-0.2, -0.15) is 0 Å². The van der Waals surface area contributed by atoms with Crippen LogP contribution in [0.3, 0.4) is 0 Å². The Hall–Kier alpha value is -4.18. The average Bonchev–Trinajstić information content (AvgIpc) is 3.41. The highest BCUT2D eigenvalue weighted by atomic mass is 16.6. The number of ether oxygens (including phenoxy) is 1. The quantitative estimate of drug-likeness (QED) is 0.177. The third kappa shape index (κ3) is 6.18. The zero-order valence-corrected chi connectivity index (χ0v) is 24.7. The van der Waals surface area contributed by atoms with Crippen LogP contribution in [0.4, 0.5) is 17.3 Å². The Bertz CT molecular complexity index is 1450. The molecule has 42 heavy (non-hydrogen) atoms. The number of nitrogens with one attached hydrogen (secondary N) is 1. The van der Waals surface area contributed by atoms with Crippen LogP contribution in [0.5, 0.6) is 0 Å².